The van der Waals surface area contributed by atoms with Crippen LogP contribution in [0.3, 0.4) is 0 Å². The van der Waals surface area contributed by atoms with E-state index in [1.54, 1.807) is 0 Å². The third kappa shape index (κ3) is 11.1. The van der Waals surface area contributed by atoms with E-state index >= 15 is 0 Å². The van der Waals surface area contributed by atoms with Crippen LogP contribution in [-0.2, 0) is 9.53 Å². The predicted molar refractivity (Wildman–Crippen MR) is 61.8 cm³/mol. The van der Waals surface area contributed by atoms with Gasteiger partial charge in [0.05, 0.1) is 19.8 Å². The molecule has 0 aliphatic heterocycles. The topological polar surface area (TPSA) is 50.4 Å². The predicted octanol–water partition coefficient (Wildman–Crippen LogP) is 0.695. The summed E-state index contributed by atoms with van der Waals surface area (Å²) in [4.78, 5) is 11.1. The number of rotatable bonds is 10. The molecule has 0 unspecified atom stereocenters. The third-order valence-corrected chi connectivity index (χ3v) is 1.75. The maximum absolute atomic E-state index is 11.1. The van der Waals surface area contributed by atoms with Crippen molar-refractivity contribution in [3.05, 3.63) is 12.7 Å². The van der Waals surface area contributed by atoms with Crippen LogP contribution in [0.25, 0.3) is 0 Å². The zero-order valence-electron chi connectivity index (χ0n) is 9.55. The molecule has 15 heavy (non-hydrogen) atoms. The fourth-order valence-electron chi connectivity index (χ4n) is 0.942. The van der Waals surface area contributed by atoms with Crippen molar-refractivity contribution in [2.24, 2.45) is 0 Å². The van der Waals surface area contributed by atoms with E-state index in [4.69, 9.17) is 4.74 Å². The SMILES string of the molecule is C=CCCOCCNCC(=O)NCCC. The molecule has 0 spiro atoms. The third-order valence-electron chi connectivity index (χ3n) is 1.75. The molecule has 0 aliphatic carbocycles. The lowest BCUT2D eigenvalue weighted by Crippen LogP contribution is -2.35. The second-order valence-electron chi connectivity index (χ2n) is 3.22. The normalized spacial score (nSPS) is 9.93. The molecule has 4 nitrogen and oxygen atoms in total. The number of carbonyl (C=O) groups is 1. The fourth-order valence-corrected chi connectivity index (χ4v) is 0.942. The summed E-state index contributed by atoms with van der Waals surface area (Å²) >= 11 is 0. The van der Waals surface area contributed by atoms with Crippen LogP contribution in [0.2, 0.25) is 0 Å². The van der Waals surface area contributed by atoms with Crippen molar-refractivity contribution >= 4 is 5.91 Å². The Morgan fingerprint density at radius 2 is 2.20 bits per heavy atom. The number of hydrogen-bond acceptors (Lipinski definition) is 3. The van der Waals surface area contributed by atoms with E-state index in [0.717, 1.165) is 19.4 Å². The molecule has 0 aromatic carbocycles. The molecule has 0 atom stereocenters. The molecule has 0 heterocycles. The summed E-state index contributed by atoms with van der Waals surface area (Å²) in [6, 6.07) is 0. The van der Waals surface area contributed by atoms with E-state index in [-0.39, 0.29) is 5.91 Å². The van der Waals surface area contributed by atoms with Gasteiger partial charge in [0.2, 0.25) is 5.91 Å². The Labute approximate surface area is 92.1 Å². The Bertz CT molecular complexity index is 172. The van der Waals surface area contributed by atoms with Crippen LogP contribution in [0.1, 0.15) is 19.8 Å². The summed E-state index contributed by atoms with van der Waals surface area (Å²) in [5.74, 6) is 0.0444. The average Bonchev–Trinajstić information content (AvgIpc) is 2.25. The molecule has 4 heteroatoms. The fraction of sp³-hybridized carbons (Fsp3) is 0.727. The molecule has 0 fully saturated rings. The van der Waals surface area contributed by atoms with Gasteiger partial charge < -0.3 is 15.4 Å². The second-order valence-corrected chi connectivity index (χ2v) is 3.22. The summed E-state index contributed by atoms with van der Waals surface area (Å²) in [6.45, 7) is 8.78. The largest absolute Gasteiger partial charge is 0.380 e. The maximum Gasteiger partial charge on any atom is 0.233 e. The molecule has 0 rings (SSSR count). The van der Waals surface area contributed by atoms with Gasteiger partial charge >= 0.3 is 0 Å². The summed E-state index contributed by atoms with van der Waals surface area (Å²) in [5.41, 5.74) is 0. The first-order chi connectivity index (χ1) is 7.31. The molecule has 0 bridgehead atoms. The maximum atomic E-state index is 11.1. The van der Waals surface area contributed by atoms with Crippen molar-refractivity contribution < 1.29 is 9.53 Å². The van der Waals surface area contributed by atoms with Gasteiger partial charge in [-0.05, 0) is 12.8 Å². The first-order valence-electron chi connectivity index (χ1n) is 5.47. The molecular formula is C11H22N2O2. The minimum atomic E-state index is 0.0444. The summed E-state index contributed by atoms with van der Waals surface area (Å²) in [6.07, 6.45) is 3.67. The Morgan fingerprint density at radius 1 is 1.40 bits per heavy atom. The molecule has 88 valence electrons. The minimum absolute atomic E-state index is 0.0444. The molecule has 0 aliphatic rings. The van der Waals surface area contributed by atoms with Gasteiger partial charge in [-0.2, -0.15) is 0 Å². The number of carbonyl (C=O) groups excluding carboxylic acids is 1. The molecule has 0 aromatic rings. The molecule has 0 saturated carbocycles. The van der Waals surface area contributed by atoms with Crippen molar-refractivity contribution in [2.45, 2.75) is 19.8 Å². The molecule has 0 radical (unpaired) electrons. The molecule has 1 amide bonds. The van der Waals surface area contributed by atoms with Crippen LogP contribution in [0, 0.1) is 0 Å². The van der Waals surface area contributed by atoms with Gasteiger partial charge in [-0.15, -0.1) is 6.58 Å². The van der Waals surface area contributed by atoms with Crippen molar-refractivity contribution in [1.29, 1.82) is 0 Å². The number of hydrogen-bond donors (Lipinski definition) is 2. The molecule has 0 saturated heterocycles. The smallest absolute Gasteiger partial charge is 0.233 e. The van der Waals surface area contributed by atoms with Crippen molar-refractivity contribution in [2.75, 3.05) is 32.8 Å². The highest BCUT2D eigenvalue weighted by Gasteiger charge is 1.97. The number of amides is 1. The lowest BCUT2D eigenvalue weighted by molar-refractivity contribution is -0.120. The van der Waals surface area contributed by atoms with E-state index in [0.29, 0.717) is 26.3 Å². The summed E-state index contributed by atoms with van der Waals surface area (Å²) in [5, 5.41) is 5.80. The van der Waals surface area contributed by atoms with Crippen LogP contribution in [-0.4, -0.2) is 38.8 Å². The molecule has 2 N–H and O–H groups in total. The highest BCUT2D eigenvalue weighted by molar-refractivity contribution is 5.77. The van der Waals surface area contributed by atoms with E-state index in [9.17, 15) is 4.79 Å². The van der Waals surface area contributed by atoms with Crippen LogP contribution in [0.15, 0.2) is 12.7 Å². The van der Waals surface area contributed by atoms with Gasteiger partial charge in [-0.3, -0.25) is 4.79 Å². The van der Waals surface area contributed by atoms with Crippen molar-refractivity contribution in [1.82, 2.24) is 10.6 Å². The van der Waals surface area contributed by atoms with E-state index in [2.05, 4.69) is 17.2 Å². The van der Waals surface area contributed by atoms with Crippen LogP contribution >= 0.6 is 0 Å². The highest BCUT2D eigenvalue weighted by atomic mass is 16.5. The Morgan fingerprint density at radius 3 is 2.87 bits per heavy atom. The van der Waals surface area contributed by atoms with Gasteiger partial charge in [0.1, 0.15) is 0 Å². The zero-order valence-corrected chi connectivity index (χ0v) is 9.55. The van der Waals surface area contributed by atoms with E-state index in [1.807, 2.05) is 13.0 Å². The van der Waals surface area contributed by atoms with Crippen LogP contribution < -0.4 is 10.6 Å². The van der Waals surface area contributed by atoms with Gasteiger partial charge in [-0.25, -0.2) is 0 Å². The molecule has 0 aromatic heterocycles. The van der Waals surface area contributed by atoms with Gasteiger partial charge in [-0.1, -0.05) is 13.0 Å². The highest BCUT2D eigenvalue weighted by Crippen LogP contribution is 1.81. The quantitative estimate of drug-likeness (QED) is 0.415. The second kappa shape index (κ2) is 11.2. The monoisotopic (exact) mass is 214 g/mol. The number of ether oxygens (including phenoxy) is 1. The Balaban J connectivity index is 3.09. The van der Waals surface area contributed by atoms with Gasteiger partial charge in [0, 0.05) is 13.1 Å². The lowest BCUT2D eigenvalue weighted by atomic mass is 10.4. The average molecular weight is 214 g/mol. The Kier molecular flexibility index (Phi) is 10.6. The van der Waals surface area contributed by atoms with E-state index < -0.39 is 0 Å². The standard InChI is InChI=1S/C11H22N2O2/c1-3-5-8-15-9-7-12-10-11(14)13-6-4-2/h3,12H,1,4-10H2,2H3,(H,13,14). The van der Waals surface area contributed by atoms with Gasteiger partial charge in [0.25, 0.3) is 0 Å². The zero-order chi connectivity index (χ0) is 11.4. The van der Waals surface area contributed by atoms with Crippen LogP contribution in [0.4, 0.5) is 0 Å². The lowest BCUT2D eigenvalue weighted by Gasteiger charge is -2.05. The van der Waals surface area contributed by atoms with Gasteiger partial charge in [0.15, 0.2) is 0 Å². The van der Waals surface area contributed by atoms with Crippen LogP contribution in [0.5, 0.6) is 0 Å². The van der Waals surface area contributed by atoms with Crippen molar-refractivity contribution in [3.8, 4) is 0 Å². The Hall–Kier alpha value is -0.870. The van der Waals surface area contributed by atoms with E-state index in [1.165, 1.54) is 0 Å². The molecular weight excluding hydrogens is 192 g/mol. The summed E-state index contributed by atoms with van der Waals surface area (Å²) < 4.78 is 5.27. The first kappa shape index (κ1) is 14.1. The number of nitrogens with one attached hydrogen (secondary N) is 2. The summed E-state index contributed by atoms with van der Waals surface area (Å²) in [7, 11) is 0. The minimum Gasteiger partial charge on any atom is -0.380 e. The van der Waals surface area contributed by atoms with Crippen molar-refractivity contribution in [3.63, 3.8) is 0 Å². The first-order valence-corrected chi connectivity index (χ1v) is 5.47.